The predicted molar refractivity (Wildman–Crippen MR) is 102 cm³/mol. The van der Waals surface area contributed by atoms with Gasteiger partial charge in [0.1, 0.15) is 5.76 Å². The maximum atomic E-state index is 12.6. The van der Waals surface area contributed by atoms with Crippen LogP contribution in [0.2, 0.25) is 5.02 Å². The second-order valence-electron chi connectivity index (χ2n) is 6.49. The van der Waals surface area contributed by atoms with E-state index in [1.165, 1.54) is 0 Å². The number of rotatable bonds is 3. The highest BCUT2D eigenvalue weighted by atomic mass is 35.5. The molecule has 1 aromatic carbocycles. The van der Waals surface area contributed by atoms with E-state index in [1.54, 1.807) is 0 Å². The van der Waals surface area contributed by atoms with Gasteiger partial charge in [-0.1, -0.05) is 23.7 Å². The molecule has 4 nitrogen and oxygen atoms in total. The molecule has 0 saturated heterocycles. The monoisotopic (exact) mass is 374 g/mol. The van der Waals surface area contributed by atoms with Crippen molar-refractivity contribution in [2.45, 2.75) is 44.5 Å². The third-order valence-electron chi connectivity index (χ3n) is 4.77. The van der Waals surface area contributed by atoms with Crippen molar-refractivity contribution in [1.82, 2.24) is 5.32 Å². The van der Waals surface area contributed by atoms with Crippen LogP contribution in [-0.2, 0) is 13.0 Å². The van der Waals surface area contributed by atoms with Gasteiger partial charge in [0.15, 0.2) is 5.76 Å². The molecule has 0 saturated carbocycles. The number of nitrogens with one attached hydrogen (secondary N) is 1. The molecule has 1 aliphatic heterocycles. The zero-order valence-electron chi connectivity index (χ0n) is 14.1. The number of carbonyl (C=O) groups is 1. The molecule has 130 valence electrons. The summed E-state index contributed by atoms with van der Waals surface area (Å²) in [5.41, 5.74) is 3.00. The minimum absolute atomic E-state index is 0.131. The van der Waals surface area contributed by atoms with Crippen LogP contribution in [0.3, 0.4) is 0 Å². The Hall–Kier alpha value is -1.72. The predicted octanol–water partition coefficient (Wildman–Crippen LogP) is 4.69. The molecule has 1 N–H and O–H groups in total. The summed E-state index contributed by atoms with van der Waals surface area (Å²) in [5, 5.41) is 5.19. The first kappa shape index (κ1) is 16.7. The lowest BCUT2D eigenvalue weighted by molar-refractivity contribution is 0.0920. The molecule has 0 radical (unpaired) electrons. The van der Waals surface area contributed by atoms with Crippen LogP contribution in [0.15, 0.2) is 33.7 Å². The number of aryl methyl sites for hydroxylation is 1. The molecular weight excluding hydrogens is 356 g/mol. The van der Waals surface area contributed by atoms with Crippen LogP contribution in [0.25, 0.3) is 0 Å². The zero-order valence-corrected chi connectivity index (χ0v) is 15.7. The number of furan rings is 1. The number of carbonyl (C=O) groups excluding carboxylic acids is 1. The van der Waals surface area contributed by atoms with Crippen LogP contribution in [0, 0.1) is 6.92 Å². The first-order valence-corrected chi connectivity index (χ1v) is 9.64. The van der Waals surface area contributed by atoms with Crippen molar-refractivity contribution < 1.29 is 9.21 Å². The van der Waals surface area contributed by atoms with Gasteiger partial charge in [-0.25, -0.2) is 0 Å². The molecule has 2 heterocycles. The lowest BCUT2D eigenvalue weighted by Gasteiger charge is -2.22. The van der Waals surface area contributed by atoms with Gasteiger partial charge in [-0.2, -0.15) is 0 Å². The molecule has 25 heavy (non-hydrogen) atoms. The van der Waals surface area contributed by atoms with Crippen molar-refractivity contribution >= 4 is 34.3 Å². The Morgan fingerprint density at radius 2 is 2.28 bits per heavy atom. The second-order valence-corrected chi connectivity index (χ2v) is 8.36. The summed E-state index contributed by atoms with van der Waals surface area (Å²) in [4.78, 5) is 17.4. The van der Waals surface area contributed by atoms with Crippen molar-refractivity contribution in [3.8, 4) is 0 Å². The van der Waals surface area contributed by atoms with Crippen molar-refractivity contribution in [3.63, 3.8) is 0 Å². The van der Waals surface area contributed by atoms with E-state index in [0.29, 0.717) is 22.6 Å². The van der Waals surface area contributed by atoms with Gasteiger partial charge in [0.05, 0.1) is 11.1 Å². The smallest absolute Gasteiger partial charge is 0.287 e. The fourth-order valence-corrected chi connectivity index (χ4v) is 5.01. The van der Waals surface area contributed by atoms with Gasteiger partial charge in [-0.3, -0.25) is 9.79 Å². The van der Waals surface area contributed by atoms with E-state index in [9.17, 15) is 4.79 Å². The van der Waals surface area contributed by atoms with Crippen LogP contribution in [0.4, 0.5) is 0 Å². The van der Waals surface area contributed by atoms with Gasteiger partial charge in [-0.05, 0) is 38.0 Å². The van der Waals surface area contributed by atoms with Crippen molar-refractivity contribution in [2.24, 2.45) is 4.99 Å². The van der Waals surface area contributed by atoms with E-state index < -0.39 is 0 Å². The molecule has 1 aromatic heterocycles. The molecule has 6 heteroatoms. The van der Waals surface area contributed by atoms with E-state index in [4.69, 9.17) is 21.0 Å². The highest BCUT2D eigenvalue weighted by Gasteiger charge is 2.39. The minimum atomic E-state index is -0.185. The average molecular weight is 375 g/mol. The number of aliphatic imine (C=N–C) groups is 1. The highest BCUT2D eigenvalue weighted by molar-refractivity contribution is 8.14. The SMILES string of the molecule is CC1=N[C@H]2c3c(oc(C(=O)NCc4cccc(Cl)c4)c3C)CC[C@@H]2S1. The van der Waals surface area contributed by atoms with Crippen LogP contribution in [0.1, 0.15) is 52.4 Å². The Labute approximate surface area is 156 Å². The Morgan fingerprint density at radius 3 is 3.08 bits per heavy atom. The molecule has 1 amide bonds. The Morgan fingerprint density at radius 1 is 1.44 bits per heavy atom. The van der Waals surface area contributed by atoms with Crippen LogP contribution in [-0.4, -0.2) is 16.2 Å². The first-order chi connectivity index (χ1) is 12.0. The molecule has 2 aliphatic rings. The molecule has 0 spiro atoms. The summed E-state index contributed by atoms with van der Waals surface area (Å²) in [6.07, 6.45) is 1.91. The summed E-state index contributed by atoms with van der Waals surface area (Å²) >= 11 is 7.83. The minimum Gasteiger partial charge on any atom is -0.455 e. The number of benzene rings is 1. The topological polar surface area (TPSA) is 54.6 Å². The quantitative estimate of drug-likeness (QED) is 0.847. The van der Waals surface area contributed by atoms with Gasteiger partial charge in [0.2, 0.25) is 0 Å². The van der Waals surface area contributed by atoms with Crippen molar-refractivity contribution in [2.75, 3.05) is 0 Å². The van der Waals surface area contributed by atoms with E-state index in [-0.39, 0.29) is 11.9 Å². The van der Waals surface area contributed by atoms with E-state index in [1.807, 2.05) is 43.0 Å². The molecule has 2 atom stereocenters. The number of hydrogen-bond acceptors (Lipinski definition) is 4. The standard InChI is InChI=1S/C19H19ClN2O2S/c1-10-16-14(6-7-15-17(16)22-11(2)25-15)24-18(10)19(23)21-9-12-4-3-5-13(20)8-12/h3-5,8,15,17H,6-7,9H2,1-2H3,(H,21,23)/t15-,17+/m0/s1. The Kier molecular flexibility index (Phi) is 4.38. The molecule has 0 unspecified atom stereocenters. The largest absolute Gasteiger partial charge is 0.455 e. The van der Waals surface area contributed by atoms with Gasteiger partial charge in [-0.15, -0.1) is 11.8 Å². The Balaban J connectivity index is 1.55. The normalized spacial score (nSPS) is 21.5. The number of amides is 1. The second kappa shape index (κ2) is 6.54. The van der Waals surface area contributed by atoms with E-state index >= 15 is 0 Å². The lowest BCUT2D eigenvalue weighted by atomic mass is 9.90. The van der Waals surface area contributed by atoms with Gasteiger partial charge >= 0.3 is 0 Å². The fraction of sp³-hybridized carbons (Fsp3) is 0.368. The van der Waals surface area contributed by atoms with E-state index in [0.717, 1.165) is 40.3 Å². The van der Waals surface area contributed by atoms with Crippen molar-refractivity contribution in [3.05, 3.63) is 57.5 Å². The summed E-state index contributed by atoms with van der Waals surface area (Å²) < 4.78 is 5.94. The molecule has 0 bridgehead atoms. The van der Waals surface area contributed by atoms with Crippen LogP contribution >= 0.6 is 23.4 Å². The summed E-state index contributed by atoms with van der Waals surface area (Å²) in [6.45, 7) is 4.44. The molecule has 2 aromatic rings. The van der Waals surface area contributed by atoms with Crippen LogP contribution < -0.4 is 5.32 Å². The number of nitrogens with zero attached hydrogens (tertiary/aromatic N) is 1. The average Bonchev–Trinajstić information content (AvgIpc) is 3.12. The third kappa shape index (κ3) is 3.11. The number of hydrogen-bond donors (Lipinski definition) is 1. The fourth-order valence-electron chi connectivity index (χ4n) is 3.62. The number of thioether (sulfide) groups is 1. The van der Waals surface area contributed by atoms with Gasteiger partial charge in [0, 0.05) is 34.4 Å². The molecule has 0 fully saturated rings. The highest BCUT2D eigenvalue weighted by Crippen LogP contribution is 2.47. The lowest BCUT2D eigenvalue weighted by Crippen LogP contribution is -2.23. The number of halogens is 1. The van der Waals surface area contributed by atoms with E-state index in [2.05, 4.69) is 12.2 Å². The Bertz CT molecular complexity index is 874. The maximum Gasteiger partial charge on any atom is 0.287 e. The maximum absolute atomic E-state index is 12.6. The van der Waals surface area contributed by atoms with Crippen molar-refractivity contribution in [1.29, 1.82) is 0 Å². The van der Waals surface area contributed by atoms with Gasteiger partial charge in [0.25, 0.3) is 5.91 Å². The van der Waals surface area contributed by atoms with Gasteiger partial charge < -0.3 is 9.73 Å². The first-order valence-electron chi connectivity index (χ1n) is 8.39. The van der Waals surface area contributed by atoms with Crippen LogP contribution in [0.5, 0.6) is 0 Å². The third-order valence-corrected chi connectivity index (χ3v) is 6.24. The molecular formula is C19H19ClN2O2S. The summed E-state index contributed by atoms with van der Waals surface area (Å²) in [7, 11) is 0. The summed E-state index contributed by atoms with van der Waals surface area (Å²) in [5.74, 6) is 1.15. The summed E-state index contributed by atoms with van der Waals surface area (Å²) in [6, 6.07) is 7.60. The molecule has 1 aliphatic carbocycles. The molecule has 4 rings (SSSR count). The number of fused-ring (bicyclic) bond motifs is 3. The zero-order chi connectivity index (χ0) is 17.6.